The van der Waals surface area contributed by atoms with E-state index in [0.717, 1.165) is 13.8 Å². The molecule has 0 aliphatic carbocycles. The SMILES string of the molecule is C=C(C)C(=O)OCCOC(=O)C(F)(F)C(F)(F)C(F)(F)C(F)(F)C(F)(F)C(F)(F)C(=O)OCCOC(=O)C(=C)C. The van der Waals surface area contributed by atoms with Crippen molar-refractivity contribution in [1.29, 1.82) is 0 Å². The van der Waals surface area contributed by atoms with E-state index in [1.807, 2.05) is 0 Å². The van der Waals surface area contributed by atoms with Gasteiger partial charge < -0.3 is 18.9 Å². The van der Waals surface area contributed by atoms with Crippen molar-refractivity contribution >= 4 is 23.9 Å². The van der Waals surface area contributed by atoms with E-state index in [4.69, 9.17) is 0 Å². The number of rotatable bonds is 15. The van der Waals surface area contributed by atoms with Crippen LogP contribution in [0, 0.1) is 0 Å². The number of esters is 4. The average molecular weight is 614 g/mol. The highest BCUT2D eigenvalue weighted by Gasteiger charge is 2.92. The minimum absolute atomic E-state index is 0.308. The van der Waals surface area contributed by atoms with Crippen LogP contribution in [-0.4, -0.2) is 85.8 Å². The molecule has 40 heavy (non-hydrogen) atoms. The number of carbonyl (C=O) groups excluding carboxylic acids is 4. The maximum atomic E-state index is 13.9. The Bertz CT molecular complexity index is 943. The largest absolute Gasteiger partial charge is 0.459 e. The molecule has 0 unspecified atom stereocenters. The van der Waals surface area contributed by atoms with Gasteiger partial charge in [-0.2, -0.15) is 52.7 Å². The van der Waals surface area contributed by atoms with Gasteiger partial charge >= 0.3 is 59.4 Å². The predicted molar refractivity (Wildman–Crippen MR) is 103 cm³/mol. The summed E-state index contributed by atoms with van der Waals surface area (Å²) >= 11 is 0. The van der Waals surface area contributed by atoms with Crippen LogP contribution in [0.3, 0.4) is 0 Å². The first-order valence-corrected chi connectivity index (χ1v) is 10.0. The maximum absolute atomic E-state index is 13.9. The number of hydrogen-bond acceptors (Lipinski definition) is 8. The van der Waals surface area contributed by atoms with Crippen LogP contribution in [0.1, 0.15) is 13.8 Å². The fraction of sp³-hybridized carbons (Fsp3) is 0.600. The van der Waals surface area contributed by atoms with E-state index >= 15 is 0 Å². The van der Waals surface area contributed by atoms with Crippen LogP contribution >= 0.6 is 0 Å². The first-order valence-electron chi connectivity index (χ1n) is 10.0. The molecule has 20 heteroatoms. The summed E-state index contributed by atoms with van der Waals surface area (Å²) in [6, 6.07) is 0. The lowest BCUT2D eigenvalue weighted by atomic mass is 9.91. The molecule has 0 fully saturated rings. The summed E-state index contributed by atoms with van der Waals surface area (Å²) in [6.07, 6.45) is 0. The molecule has 0 aliphatic heterocycles. The van der Waals surface area contributed by atoms with E-state index in [0.29, 0.717) is 0 Å². The fourth-order valence-corrected chi connectivity index (χ4v) is 2.01. The Morgan fingerprint density at radius 2 is 0.700 bits per heavy atom. The molecule has 0 aromatic rings. The molecule has 0 aromatic heterocycles. The highest BCUT2D eigenvalue weighted by Crippen LogP contribution is 2.60. The lowest BCUT2D eigenvalue weighted by Crippen LogP contribution is -2.72. The fourth-order valence-electron chi connectivity index (χ4n) is 2.01. The van der Waals surface area contributed by atoms with Gasteiger partial charge in [0.1, 0.15) is 26.4 Å². The van der Waals surface area contributed by atoms with E-state index in [2.05, 4.69) is 32.1 Å². The summed E-state index contributed by atoms with van der Waals surface area (Å²) in [6.45, 7) is 2.69. The zero-order valence-electron chi connectivity index (χ0n) is 20.0. The normalized spacial score (nSPS) is 13.2. The molecule has 0 spiro atoms. The van der Waals surface area contributed by atoms with Crippen LogP contribution in [-0.2, 0) is 38.1 Å². The number of hydrogen-bond donors (Lipinski definition) is 0. The molecular weight excluding hydrogens is 596 g/mol. The molecule has 0 heterocycles. The van der Waals surface area contributed by atoms with Crippen LogP contribution in [0.2, 0.25) is 0 Å². The van der Waals surface area contributed by atoms with E-state index in [1.54, 1.807) is 0 Å². The van der Waals surface area contributed by atoms with Gasteiger partial charge in [0.05, 0.1) is 0 Å². The van der Waals surface area contributed by atoms with Crippen molar-refractivity contribution in [1.82, 2.24) is 0 Å². The maximum Gasteiger partial charge on any atom is 0.410 e. The zero-order valence-corrected chi connectivity index (χ0v) is 20.0. The summed E-state index contributed by atoms with van der Waals surface area (Å²) in [7, 11) is 0. The molecule has 8 nitrogen and oxygen atoms in total. The topological polar surface area (TPSA) is 105 Å². The van der Waals surface area contributed by atoms with Crippen molar-refractivity contribution in [3.05, 3.63) is 24.3 Å². The van der Waals surface area contributed by atoms with Crippen molar-refractivity contribution in [2.75, 3.05) is 26.4 Å². The molecule has 0 radical (unpaired) electrons. The minimum Gasteiger partial charge on any atom is -0.459 e. The van der Waals surface area contributed by atoms with Crippen molar-refractivity contribution in [3.63, 3.8) is 0 Å². The van der Waals surface area contributed by atoms with E-state index < -0.39 is 85.8 Å². The second-order valence-electron chi connectivity index (χ2n) is 7.55. The van der Waals surface area contributed by atoms with Crippen molar-refractivity contribution < 1.29 is 90.8 Å². The van der Waals surface area contributed by atoms with Crippen LogP contribution in [0.25, 0.3) is 0 Å². The monoisotopic (exact) mass is 614 g/mol. The highest BCUT2D eigenvalue weighted by atomic mass is 19.4. The van der Waals surface area contributed by atoms with Crippen LogP contribution in [0.15, 0.2) is 24.3 Å². The van der Waals surface area contributed by atoms with Crippen LogP contribution in [0.5, 0.6) is 0 Å². The molecule has 0 saturated carbocycles. The van der Waals surface area contributed by atoms with Gasteiger partial charge in [-0.15, -0.1) is 0 Å². The van der Waals surface area contributed by atoms with Gasteiger partial charge in [-0.1, -0.05) is 13.2 Å². The third-order valence-corrected chi connectivity index (χ3v) is 4.28. The summed E-state index contributed by atoms with van der Waals surface area (Å²) < 4.78 is 181. The lowest BCUT2D eigenvalue weighted by Gasteiger charge is -2.39. The van der Waals surface area contributed by atoms with Crippen LogP contribution < -0.4 is 0 Å². The molecular formula is C20H18F12O8. The first-order chi connectivity index (χ1) is 17.7. The first kappa shape index (κ1) is 36.5. The number of halogens is 12. The smallest absolute Gasteiger partial charge is 0.410 e. The summed E-state index contributed by atoms with van der Waals surface area (Å²) in [5.41, 5.74) is -0.615. The second kappa shape index (κ2) is 12.4. The number of ether oxygens (including phenoxy) is 4. The van der Waals surface area contributed by atoms with Gasteiger partial charge in [0, 0.05) is 11.1 Å². The third-order valence-electron chi connectivity index (χ3n) is 4.28. The molecule has 0 aliphatic rings. The Balaban J connectivity index is 5.87. The van der Waals surface area contributed by atoms with E-state index in [-0.39, 0.29) is 11.1 Å². The van der Waals surface area contributed by atoms with Gasteiger partial charge in [-0.05, 0) is 13.8 Å². The van der Waals surface area contributed by atoms with Gasteiger partial charge in [-0.3, -0.25) is 0 Å². The Hall–Kier alpha value is -3.48. The molecule has 0 atom stereocenters. The average Bonchev–Trinajstić information content (AvgIpc) is 2.82. The predicted octanol–water partition coefficient (Wildman–Crippen LogP) is 4.12. The molecule has 0 amide bonds. The highest BCUT2D eigenvalue weighted by molar-refractivity contribution is 5.87. The van der Waals surface area contributed by atoms with Gasteiger partial charge in [0.25, 0.3) is 0 Å². The van der Waals surface area contributed by atoms with E-state index in [1.165, 1.54) is 0 Å². The summed E-state index contributed by atoms with van der Waals surface area (Å²) in [4.78, 5) is 44.5. The molecule has 0 rings (SSSR count). The van der Waals surface area contributed by atoms with Crippen molar-refractivity contribution in [2.45, 2.75) is 49.4 Å². The number of carbonyl (C=O) groups is 4. The van der Waals surface area contributed by atoms with Gasteiger partial charge in [0.2, 0.25) is 0 Å². The Morgan fingerprint density at radius 1 is 0.475 bits per heavy atom. The van der Waals surface area contributed by atoms with Crippen LogP contribution in [0.4, 0.5) is 52.7 Å². The Kier molecular flexibility index (Phi) is 11.3. The minimum atomic E-state index is -8.18. The van der Waals surface area contributed by atoms with Gasteiger partial charge in [0.15, 0.2) is 0 Å². The molecule has 0 aromatic carbocycles. The van der Waals surface area contributed by atoms with Gasteiger partial charge in [-0.25, -0.2) is 19.2 Å². The molecule has 0 saturated heterocycles. The third kappa shape index (κ3) is 6.80. The zero-order chi connectivity index (χ0) is 32.1. The van der Waals surface area contributed by atoms with Crippen molar-refractivity contribution in [2.24, 2.45) is 0 Å². The second-order valence-corrected chi connectivity index (χ2v) is 7.55. The lowest BCUT2D eigenvalue weighted by molar-refractivity contribution is -0.417. The molecule has 0 bridgehead atoms. The Labute approximate surface area is 215 Å². The van der Waals surface area contributed by atoms with Crippen molar-refractivity contribution in [3.8, 4) is 0 Å². The number of alkyl halides is 12. The molecule has 0 N–H and O–H groups in total. The quantitative estimate of drug-likeness (QED) is 0.0893. The Morgan fingerprint density at radius 3 is 0.925 bits per heavy atom. The summed E-state index contributed by atoms with van der Waals surface area (Å²) in [5, 5.41) is 0. The van der Waals surface area contributed by atoms with E-state index in [9.17, 15) is 71.9 Å². The standard InChI is InChI=1S/C20H18F12O8/c1-9(2)11(33)37-5-7-39-13(35)15(21,22)17(25,26)19(29,30)20(31,32)18(27,28)16(23,24)14(36)40-8-6-38-12(34)10(3)4/h1,3,5-8H2,2,4H3. The molecule has 230 valence electrons. The summed E-state index contributed by atoms with van der Waals surface area (Å²) in [5.74, 6) is -56.2.